The Morgan fingerprint density at radius 3 is 2.53 bits per heavy atom. The fourth-order valence-electron chi connectivity index (χ4n) is 4.31. The lowest BCUT2D eigenvalue weighted by Gasteiger charge is -2.23. The topological polar surface area (TPSA) is 57.6 Å². The van der Waals surface area contributed by atoms with Gasteiger partial charge in [-0.25, -0.2) is 0 Å². The second-order valence-corrected chi connectivity index (χ2v) is 10.1. The van der Waals surface area contributed by atoms with Crippen molar-refractivity contribution in [2.45, 2.75) is 45.3 Å². The Morgan fingerprint density at radius 2 is 1.82 bits per heavy atom. The lowest BCUT2D eigenvalue weighted by Crippen LogP contribution is -2.41. The molecule has 0 bridgehead atoms. The van der Waals surface area contributed by atoms with E-state index < -0.39 is 11.5 Å². The second kappa shape index (κ2) is 9.69. The second-order valence-electron chi connectivity index (χ2n) is 9.14. The van der Waals surface area contributed by atoms with Crippen LogP contribution in [0.15, 0.2) is 77.3 Å². The molecule has 4 rings (SSSR count). The molecule has 0 saturated heterocycles. The van der Waals surface area contributed by atoms with E-state index >= 15 is 0 Å². The van der Waals surface area contributed by atoms with Crippen LogP contribution in [0.4, 0.5) is 5.69 Å². The smallest absolute Gasteiger partial charge is 0.264 e. The summed E-state index contributed by atoms with van der Waals surface area (Å²) in [5.41, 5.74) is 3.34. The molecule has 0 aliphatic carbocycles. The summed E-state index contributed by atoms with van der Waals surface area (Å²) >= 11 is 3.45. The summed E-state index contributed by atoms with van der Waals surface area (Å²) in [5.74, 6) is -0.426. The van der Waals surface area contributed by atoms with Crippen LogP contribution >= 0.6 is 15.9 Å². The number of hydrogen-bond donors (Lipinski definition) is 1. The Kier molecular flexibility index (Phi) is 6.87. The molecule has 4 nitrogen and oxygen atoms in total. The van der Waals surface area contributed by atoms with Crippen molar-refractivity contribution in [2.24, 2.45) is 0 Å². The van der Waals surface area contributed by atoms with Gasteiger partial charge in [-0.2, -0.15) is 0 Å². The molecule has 1 N–H and O–H groups in total. The summed E-state index contributed by atoms with van der Waals surface area (Å²) in [6.45, 7) is 6.62. The van der Waals surface area contributed by atoms with Crippen molar-refractivity contribution in [1.82, 2.24) is 0 Å². The Bertz CT molecular complexity index is 1270. The van der Waals surface area contributed by atoms with Gasteiger partial charge in [0.2, 0.25) is 0 Å². The van der Waals surface area contributed by atoms with Crippen molar-refractivity contribution >= 4 is 39.4 Å². The van der Waals surface area contributed by atoms with E-state index in [1.807, 2.05) is 49.4 Å². The van der Waals surface area contributed by atoms with Gasteiger partial charge in [0.15, 0.2) is 11.4 Å². The molecule has 34 heavy (non-hydrogen) atoms. The first-order valence-corrected chi connectivity index (χ1v) is 12.2. The number of allylic oxidation sites excluding steroid dienone is 1. The van der Waals surface area contributed by atoms with Crippen LogP contribution < -0.4 is 4.90 Å². The van der Waals surface area contributed by atoms with Gasteiger partial charge in [0.25, 0.3) is 5.91 Å². The number of aryl methyl sites for hydroxylation is 1. The molecule has 1 heterocycles. The fourth-order valence-corrected chi connectivity index (χ4v) is 4.67. The van der Waals surface area contributed by atoms with Crippen molar-refractivity contribution in [3.05, 3.63) is 105 Å². The van der Waals surface area contributed by atoms with Crippen LogP contribution in [-0.2, 0) is 21.7 Å². The molecule has 3 aromatic carbocycles. The number of ketones is 1. The Balaban J connectivity index is 1.66. The highest BCUT2D eigenvalue weighted by molar-refractivity contribution is 9.10. The van der Waals surface area contributed by atoms with E-state index in [0.29, 0.717) is 23.7 Å². The van der Waals surface area contributed by atoms with Crippen LogP contribution in [0.3, 0.4) is 0 Å². The minimum Gasteiger partial charge on any atom is -0.375 e. The molecule has 0 saturated carbocycles. The normalized spacial score (nSPS) is 17.6. The summed E-state index contributed by atoms with van der Waals surface area (Å²) in [6, 6.07) is 21.2. The molecule has 1 aliphatic heterocycles. The summed E-state index contributed by atoms with van der Waals surface area (Å²) in [6.07, 6.45) is 2.81. The predicted octanol–water partition coefficient (Wildman–Crippen LogP) is 6.29. The molecule has 5 heteroatoms. The van der Waals surface area contributed by atoms with Gasteiger partial charge in [-0.3, -0.25) is 9.59 Å². The van der Waals surface area contributed by atoms with Crippen LogP contribution in [0.2, 0.25) is 0 Å². The molecular formula is C29H28BrNO3. The van der Waals surface area contributed by atoms with Crippen LogP contribution in [0.25, 0.3) is 6.08 Å². The van der Waals surface area contributed by atoms with Gasteiger partial charge in [0.05, 0.1) is 18.7 Å². The van der Waals surface area contributed by atoms with E-state index in [0.717, 1.165) is 21.2 Å². The van der Waals surface area contributed by atoms with Gasteiger partial charge in [0.1, 0.15) is 0 Å². The Morgan fingerprint density at radius 1 is 1.09 bits per heavy atom. The zero-order valence-electron chi connectivity index (χ0n) is 19.6. The van der Waals surface area contributed by atoms with Crippen LogP contribution in [0.1, 0.15) is 54.0 Å². The van der Waals surface area contributed by atoms with E-state index in [9.17, 15) is 14.7 Å². The first-order valence-electron chi connectivity index (χ1n) is 11.4. The molecule has 0 fully saturated rings. The Hall–Kier alpha value is -3.02. The molecule has 0 aromatic heterocycles. The average Bonchev–Trinajstić information content (AvgIpc) is 3.01. The zero-order chi connectivity index (χ0) is 24.5. The number of aliphatic hydroxyl groups is 1. The molecule has 1 atom stereocenters. The summed E-state index contributed by atoms with van der Waals surface area (Å²) in [5, 5.41) is 11.6. The van der Waals surface area contributed by atoms with E-state index in [2.05, 4.69) is 48.0 Å². The highest BCUT2D eigenvalue weighted by Gasteiger charge is 2.50. The summed E-state index contributed by atoms with van der Waals surface area (Å²) in [4.78, 5) is 28.1. The van der Waals surface area contributed by atoms with Gasteiger partial charge in [-0.05, 0) is 59.4 Å². The lowest BCUT2D eigenvalue weighted by molar-refractivity contribution is -0.140. The number of hydrogen-bond acceptors (Lipinski definition) is 3. The minimum atomic E-state index is -1.92. The molecule has 3 aromatic rings. The highest BCUT2D eigenvalue weighted by Crippen LogP contribution is 2.44. The first kappa shape index (κ1) is 24.1. The molecular weight excluding hydrogens is 490 g/mol. The van der Waals surface area contributed by atoms with Crippen molar-refractivity contribution in [2.75, 3.05) is 4.90 Å². The van der Waals surface area contributed by atoms with Crippen molar-refractivity contribution in [3.8, 4) is 0 Å². The maximum absolute atomic E-state index is 13.6. The van der Waals surface area contributed by atoms with Gasteiger partial charge in [-0.1, -0.05) is 84.4 Å². The number of carbonyl (C=O) groups excluding carboxylic acids is 2. The number of amides is 1. The summed E-state index contributed by atoms with van der Waals surface area (Å²) in [7, 11) is 0. The van der Waals surface area contributed by atoms with Crippen molar-refractivity contribution in [3.63, 3.8) is 0 Å². The fraction of sp³-hybridized carbons (Fsp3) is 0.241. The maximum Gasteiger partial charge on any atom is 0.264 e. The monoisotopic (exact) mass is 517 g/mol. The van der Waals surface area contributed by atoms with Crippen LogP contribution in [0, 0.1) is 6.92 Å². The lowest BCUT2D eigenvalue weighted by atomic mass is 9.89. The zero-order valence-corrected chi connectivity index (χ0v) is 21.2. The molecule has 0 spiro atoms. The Labute approximate surface area is 209 Å². The quantitative estimate of drug-likeness (QED) is 0.374. The van der Waals surface area contributed by atoms with E-state index in [1.54, 1.807) is 17.0 Å². The number of carbonyl (C=O) groups is 2. The van der Waals surface area contributed by atoms with Crippen molar-refractivity contribution in [1.29, 1.82) is 0 Å². The number of halogens is 1. The number of fused-ring (bicyclic) bond motifs is 1. The van der Waals surface area contributed by atoms with E-state index in [1.165, 1.54) is 11.6 Å². The number of rotatable bonds is 7. The number of nitrogens with zero attached hydrogens (tertiary/aromatic N) is 1. The van der Waals surface area contributed by atoms with E-state index in [-0.39, 0.29) is 12.2 Å². The third kappa shape index (κ3) is 4.77. The first-order chi connectivity index (χ1) is 16.2. The molecule has 1 amide bonds. The molecule has 174 valence electrons. The predicted molar refractivity (Wildman–Crippen MR) is 140 cm³/mol. The number of anilines is 1. The van der Waals surface area contributed by atoms with Crippen molar-refractivity contribution < 1.29 is 14.7 Å². The minimum absolute atomic E-state index is 0.314. The third-order valence-electron chi connectivity index (χ3n) is 6.35. The standard InChI is InChI=1S/C29H28BrNO3/c1-19(2)22-11-9-20(3)23(15-22)18-31-27-14-12-24(30)16-26(27)29(34,28(31)33)17-25(32)13-10-21-7-5-4-6-8-21/h4-16,19,34H,17-18H2,1-3H3/b13-10+/t29-/m0/s1. The maximum atomic E-state index is 13.6. The third-order valence-corrected chi connectivity index (χ3v) is 6.85. The van der Waals surface area contributed by atoms with Crippen LogP contribution in [0.5, 0.6) is 0 Å². The SMILES string of the molecule is Cc1ccc(C(C)C)cc1CN1C(=O)[C@](O)(CC(=O)/C=C/c2ccccc2)c2cc(Br)ccc21. The number of benzene rings is 3. The van der Waals surface area contributed by atoms with Gasteiger partial charge in [-0.15, -0.1) is 0 Å². The van der Waals surface area contributed by atoms with E-state index in [4.69, 9.17) is 0 Å². The summed E-state index contributed by atoms with van der Waals surface area (Å²) < 4.78 is 0.740. The van der Waals surface area contributed by atoms with Gasteiger partial charge >= 0.3 is 0 Å². The molecule has 0 radical (unpaired) electrons. The highest BCUT2D eigenvalue weighted by atomic mass is 79.9. The van der Waals surface area contributed by atoms with Gasteiger partial charge in [0, 0.05) is 10.0 Å². The largest absolute Gasteiger partial charge is 0.375 e. The average molecular weight is 518 g/mol. The molecule has 0 unspecified atom stereocenters. The van der Waals surface area contributed by atoms with Crippen LogP contribution in [-0.4, -0.2) is 16.8 Å². The molecule has 1 aliphatic rings. The van der Waals surface area contributed by atoms with Gasteiger partial charge < -0.3 is 10.0 Å².